The monoisotopic (exact) mass is 407 g/mol. The van der Waals surface area contributed by atoms with Crippen LogP contribution in [0.25, 0.3) is 22.2 Å². The molecule has 29 heavy (non-hydrogen) atoms. The minimum Gasteiger partial charge on any atom is -0.355 e. The van der Waals surface area contributed by atoms with Crippen molar-refractivity contribution in [2.24, 2.45) is 5.92 Å². The van der Waals surface area contributed by atoms with Gasteiger partial charge in [-0.3, -0.25) is 9.59 Å². The first-order valence-electron chi connectivity index (χ1n) is 9.90. The van der Waals surface area contributed by atoms with E-state index in [1.54, 1.807) is 0 Å². The third-order valence-corrected chi connectivity index (χ3v) is 5.92. The number of aromatic amines is 1. The SMILES string of the molecule is CSCC(=O)N1CCC[C@@H](C(=O)Nc2cccc(-c3cc4ccccc4[nH]3)c2)C1. The van der Waals surface area contributed by atoms with Crippen LogP contribution < -0.4 is 5.32 Å². The lowest BCUT2D eigenvalue weighted by atomic mass is 9.97. The summed E-state index contributed by atoms with van der Waals surface area (Å²) in [5.41, 5.74) is 3.92. The van der Waals surface area contributed by atoms with E-state index in [0.29, 0.717) is 12.3 Å². The van der Waals surface area contributed by atoms with Gasteiger partial charge in [-0.15, -0.1) is 0 Å². The molecule has 1 aromatic heterocycles. The summed E-state index contributed by atoms with van der Waals surface area (Å²) in [6.07, 6.45) is 3.61. The first kappa shape index (κ1) is 19.6. The normalized spacial score (nSPS) is 16.7. The Hall–Kier alpha value is -2.73. The van der Waals surface area contributed by atoms with Crippen LogP contribution in [0.5, 0.6) is 0 Å². The number of rotatable bonds is 5. The van der Waals surface area contributed by atoms with E-state index >= 15 is 0 Å². The zero-order valence-corrected chi connectivity index (χ0v) is 17.3. The van der Waals surface area contributed by atoms with Gasteiger partial charge in [0.15, 0.2) is 0 Å². The van der Waals surface area contributed by atoms with Gasteiger partial charge in [-0.1, -0.05) is 30.3 Å². The number of carbonyl (C=O) groups excluding carboxylic acids is 2. The highest BCUT2D eigenvalue weighted by atomic mass is 32.2. The van der Waals surface area contributed by atoms with Gasteiger partial charge in [0.1, 0.15) is 0 Å². The summed E-state index contributed by atoms with van der Waals surface area (Å²) >= 11 is 1.52. The van der Waals surface area contributed by atoms with Crippen LogP contribution in [0.4, 0.5) is 5.69 Å². The molecule has 1 aliphatic rings. The lowest BCUT2D eigenvalue weighted by molar-refractivity contribution is -0.132. The number of carbonyl (C=O) groups is 2. The molecule has 1 atom stereocenters. The fourth-order valence-electron chi connectivity index (χ4n) is 3.87. The third kappa shape index (κ3) is 4.48. The second kappa shape index (κ2) is 8.74. The summed E-state index contributed by atoms with van der Waals surface area (Å²) < 4.78 is 0. The average molecular weight is 408 g/mol. The Morgan fingerprint density at radius 3 is 2.86 bits per heavy atom. The Morgan fingerprint density at radius 2 is 2.03 bits per heavy atom. The molecule has 2 amide bonds. The number of para-hydroxylation sites is 1. The maximum Gasteiger partial charge on any atom is 0.232 e. The van der Waals surface area contributed by atoms with Crippen LogP contribution in [0.15, 0.2) is 54.6 Å². The van der Waals surface area contributed by atoms with Gasteiger partial charge in [-0.2, -0.15) is 11.8 Å². The van der Waals surface area contributed by atoms with Gasteiger partial charge in [0.05, 0.1) is 11.7 Å². The number of nitrogens with one attached hydrogen (secondary N) is 2. The molecule has 3 aromatic rings. The molecule has 150 valence electrons. The Morgan fingerprint density at radius 1 is 1.17 bits per heavy atom. The molecule has 6 heteroatoms. The standard InChI is InChI=1S/C23H25N3O2S/c1-29-15-22(27)26-11-5-8-18(14-26)23(28)24-19-9-4-7-16(12-19)21-13-17-6-2-3-10-20(17)25-21/h2-4,6-7,9-10,12-13,18,25H,5,8,11,14-15H2,1H3,(H,24,28)/t18-/m1/s1. The fraction of sp³-hybridized carbons (Fsp3) is 0.304. The highest BCUT2D eigenvalue weighted by molar-refractivity contribution is 7.99. The quantitative estimate of drug-likeness (QED) is 0.660. The van der Waals surface area contributed by atoms with Crippen molar-refractivity contribution >= 4 is 40.2 Å². The number of thioether (sulfide) groups is 1. The predicted octanol–water partition coefficient (Wildman–Crippen LogP) is 4.38. The molecule has 2 aromatic carbocycles. The molecule has 5 nitrogen and oxygen atoms in total. The van der Waals surface area contributed by atoms with Crippen molar-refractivity contribution in [2.45, 2.75) is 12.8 Å². The number of hydrogen-bond acceptors (Lipinski definition) is 3. The van der Waals surface area contributed by atoms with E-state index in [2.05, 4.69) is 28.5 Å². The molecular formula is C23H25N3O2S. The maximum absolute atomic E-state index is 12.8. The number of H-pyrrole nitrogens is 1. The molecule has 0 radical (unpaired) electrons. The van der Waals surface area contributed by atoms with Crippen molar-refractivity contribution in [3.8, 4) is 11.3 Å². The Labute approximate surface area is 174 Å². The number of fused-ring (bicyclic) bond motifs is 1. The van der Waals surface area contributed by atoms with Crippen molar-refractivity contribution in [1.29, 1.82) is 0 Å². The average Bonchev–Trinajstić information content (AvgIpc) is 3.19. The Bertz CT molecular complexity index is 997. The number of amides is 2. The van der Waals surface area contributed by atoms with Crippen LogP contribution in [0.2, 0.25) is 0 Å². The topological polar surface area (TPSA) is 65.2 Å². The van der Waals surface area contributed by atoms with E-state index in [-0.39, 0.29) is 17.7 Å². The van der Waals surface area contributed by atoms with Crippen molar-refractivity contribution in [1.82, 2.24) is 9.88 Å². The van der Waals surface area contributed by atoms with E-state index < -0.39 is 0 Å². The zero-order valence-electron chi connectivity index (χ0n) is 16.5. The van der Waals surface area contributed by atoms with Crippen LogP contribution in [0.1, 0.15) is 12.8 Å². The maximum atomic E-state index is 12.8. The predicted molar refractivity (Wildman–Crippen MR) is 120 cm³/mol. The van der Waals surface area contributed by atoms with Gasteiger partial charge in [0, 0.05) is 40.9 Å². The largest absolute Gasteiger partial charge is 0.355 e. The van der Waals surface area contributed by atoms with Crippen molar-refractivity contribution in [3.05, 3.63) is 54.6 Å². The molecule has 2 N–H and O–H groups in total. The van der Waals surface area contributed by atoms with Gasteiger partial charge in [-0.05, 0) is 43.4 Å². The number of piperidine rings is 1. The molecule has 0 unspecified atom stereocenters. The van der Waals surface area contributed by atoms with Gasteiger partial charge in [0.2, 0.25) is 11.8 Å². The Kier molecular flexibility index (Phi) is 5.90. The molecule has 0 aliphatic carbocycles. The van der Waals surface area contributed by atoms with Crippen LogP contribution in [0, 0.1) is 5.92 Å². The summed E-state index contributed by atoms with van der Waals surface area (Å²) in [4.78, 5) is 30.2. The number of likely N-dealkylation sites (tertiary alicyclic amines) is 1. The van der Waals surface area contributed by atoms with Gasteiger partial charge >= 0.3 is 0 Å². The van der Waals surface area contributed by atoms with Crippen molar-refractivity contribution in [2.75, 3.05) is 30.4 Å². The summed E-state index contributed by atoms with van der Waals surface area (Å²) in [7, 11) is 0. The zero-order chi connectivity index (χ0) is 20.2. The lowest BCUT2D eigenvalue weighted by Gasteiger charge is -2.32. The van der Waals surface area contributed by atoms with Gasteiger partial charge in [0.25, 0.3) is 0 Å². The molecule has 1 fully saturated rings. The third-order valence-electron chi connectivity index (χ3n) is 5.38. The number of nitrogens with zero attached hydrogens (tertiary/aromatic N) is 1. The van der Waals surface area contributed by atoms with Crippen LogP contribution in [0.3, 0.4) is 0 Å². The number of hydrogen-bond donors (Lipinski definition) is 2. The molecular weight excluding hydrogens is 382 g/mol. The molecule has 1 aliphatic heterocycles. The Balaban J connectivity index is 1.46. The van der Waals surface area contributed by atoms with Crippen molar-refractivity contribution in [3.63, 3.8) is 0 Å². The van der Waals surface area contributed by atoms with Crippen LogP contribution >= 0.6 is 11.8 Å². The summed E-state index contributed by atoms with van der Waals surface area (Å²) in [5, 5.41) is 4.21. The first-order valence-corrected chi connectivity index (χ1v) is 11.3. The van der Waals surface area contributed by atoms with E-state index in [1.165, 1.54) is 11.8 Å². The lowest BCUT2D eigenvalue weighted by Crippen LogP contribution is -2.44. The van der Waals surface area contributed by atoms with Crippen LogP contribution in [-0.2, 0) is 9.59 Å². The molecule has 0 spiro atoms. The highest BCUT2D eigenvalue weighted by Crippen LogP contribution is 2.27. The van der Waals surface area contributed by atoms with E-state index in [4.69, 9.17) is 0 Å². The molecule has 1 saturated heterocycles. The van der Waals surface area contributed by atoms with E-state index in [0.717, 1.165) is 47.2 Å². The molecule has 4 rings (SSSR count). The summed E-state index contributed by atoms with van der Waals surface area (Å²) in [5.74, 6) is 0.420. The van der Waals surface area contributed by atoms with E-state index in [1.807, 2.05) is 47.6 Å². The highest BCUT2D eigenvalue weighted by Gasteiger charge is 2.28. The smallest absolute Gasteiger partial charge is 0.232 e. The van der Waals surface area contributed by atoms with E-state index in [9.17, 15) is 9.59 Å². The molecule has 0 bridgehead atoms. The minimum absolute atomic E-state index is 0.0135. The second-order valence-electron chi connectivity index (χ2n) is 7.45. The minimum atomic E-state index is -0.161. The number of aromatic nitrogens is 1. The summed E-state index contributed by atoms with van der Waals surface area (Å²) in [6, 6.07) is 18.2. The number of benzene rings is 2. The summed E-state index contributed by atoms with van der Waals surface area (Å²) in [6.45, 7) is 1.26. The van der Waals surface area contributed by atoms with Crippen molar-refractivity contribution < 1.29 is 9.59 Å². The van der Waals surface area contributed by atoms with Gasteiger partial charge < -0.3 is 15.2 Å². The number of anilines is 1. The second-order valence-corrected chi connectivity index (χ2v) is 8.32. The molecule has 2 heterocycles. The molecule has 0 saturated carbocycles. The van der Waals surface area contributed by atoms with Crippen LogP contribution in [-0.4, -0.2) is 46.8 Å². The van der Waals surface area contributed by atoms with Gasteiger partial charge in [-0.25, -0.2) is 0 Å². The first-order chi connectivity index (χ1) is 14.1. The fourth-order valence-corrected chi connectivity index (χ4v) is 4.30.